The molecule has 2 saturated heterocycles. The summed E-state index contributed by atoms with van der Waals surface area (Å²) in [6.07, 6.45) is 4.48. The number of carbonyl (C=O) groups excluding carboxylic acids is 1. The summed E-state index contributed by atoms with van der Waals surface area (Å²) in [6, 6.07) is 10.1. The van der Waals surface area contributed by atoms with Crippen LogP contribution in [0.1, 0.15) is 25.7 Å². The third kappa shape index (κ3) is 4.54. The Morgan fingerprint density at radius 1 is 0.919 bits per heavy atom. The molecule has 0 N–H and O–H groups in total. The van der Waals surface area contributed by atoms with E-state index < -0.39 is 9.84 Å². The number of anilines is 1. The smallest absolute Gasteiger partial charge is 0.222 e. The number of hydrogen-bond acceptors (Lipinski definition) is 8. The van der Waals surface area contributed by atoms with Gasteiger partial charge in [-0.3, -0.25) is 9.78 Å². The summed E-state index contributed by atoms with van der Waals surface area (Å²) >= 11 is 0. The molecule has 3 aromatic rings. The van der Waals surface area contributed by atoms with Gasteiger partial charge in [0, 0.05) is 49.7 Å². The fourth-order valence-corrected chi connectivity index (χ4v) is 6.78. The van der Waals surface area contributed by atoms with Crippen molar-refractivity contribution in [2.45, 2.75) is 41.5 Å². The molecule has 1 amide bonds. The van der Waals surface area contributed by atoms with Gasteiger partial charge in [0.25, 0.3) is 0 Å². The van der Waals surface area contributed by atoms with E-state index in [2.05, 4.69) is 9.88 Å². The summed E-state index contributed by atoms with van der Waals surface area (Å²) in [6.45, 7) is 2.04. The average molecular weight is 526 g/mol. The highest BCUT2D eigenvalue weighted by Gasteiger charge is 2.34. The van der Waals surface area contributed by atoms with E-state index in [-0.39, 0.29) is 21.7 Å². The Bertz CT molecular complexity index is 1420. The molecule has 0 spiro atoms. The number of aromatic nitrogens is 1. The molecule has 10 heteroatoms. The van der Waals surface area contributed by atoms with E-state index in [9.17, 15) is 13.2 Å². The Kier molecular flexibility index (Phi) is 6.85. The maximum Gasteiger partial charge on any atom is 0.222 e. The molecule has 2 aromatic carbocycles. The topological polar surface area (TPSA) is 98.3 Å². The molecule has 2 aliphatic rings. The summed E-state index contributed by atoms with van der Waals surface area (Å²) in [7, 11) is 0.735. The SMILES string of the molecule is COc1ccc(S(=O)(=O)c2cnc3cc(OC)c(OC)cc3c2N2CCC(N3CCCC3=O)CC2)cc1. The van der Waals surface area contributed by atoms with Gasteiger partial charge >= 0.3 is 0 Å². The molecule has 0 aliphatic carbocycles. The molecule has 3 heterocycles. The van der Waals surface area contributed by atoms with Crippen molar-refractivity contribution in [1.82, 2.24) is 9.88 Å². The Hall–Kier alpha value is -3.53. The van der Waals surface area contributed by atoms with E-state index in [0.29, 0.717) is 53.3 Å². The number of fused-ring (bicyclic) bond motifs is 1. The van der Waals surface area contributed by atoms with Crippen molar-refractivity contribution in [2.75, 3.05) is 45.9 Å². The van der Waals surface area contributed by atoms with Crippen LogP contribution in [0, 0.1) is 0 Å². The molecule has 2 fully saturated rings. The number of nitrogens with zero attached hydrogens (tertiary/aromatic N) is 3. The highest BCUT2D eigenvalue weighted by Crippen LogP contribution is 2.41. The summed E-state index contributed by atoms with van der Waals surface area (Å²) in [5.74, 6) is 1.80. The van der Waals surface area contributed by atoms with Crippen molar-refractivity contribution >= 4 is 32.3 Å². The zero-order valence-electron chi connectivity index (χ0n) is 21.3. The molecular weight excluding hydrogens is 494 g/mol. The zero-order chi connectivity index (χ0) is 26.2. The van der Waals surface area contributed by atoms with Crippen LogP contribution in [0.3, 0.4) is 0 Å². The molecule has 9 nitrogen and oxygen atoms in total. The number of piperidine rings is 1. The predicted molar refractivity (Wildman–Crippen MR) is 139 cm³/mol. The van der Waals surface area contributed by atoms with Gasteiger partial charge in [0.15, 0.2) is 11.5 Å². The van der Waals surface area contributed by atoms with Gasteiger partial charge in [0.2, 0.25) is 15.7 Å². The highest BCUT2D eigenvalue weighted by molar-refractivity contribution is 7.91. The second-order valence-corrected chi connectivity index (χ2v) is 11.2. The average Bonchev–Trinajstić information content (AvgIpc) is 3.37. The molecule has 0 unspecified atom stereocenters. The minimum atomic E-state index is -3.90. The lowest BCUT2D eigenvalue weighted by Crippen LogP contribution is -2.45. The predicted octanol–water partition coefficient (Wildman–Crippen LogP) is 3.68. The number of carbonyl (C=O) groups is 1. The van der Waals surface area contributed by atoms with E-state index in [4.69, 9.17) is 14.2 Å². The van der Waals surface area contributed by atoms with Gasteiger partial charge in [-0.05, 0) is 49.6 Å². The van der Waals surface area contributed by atoms with E-state index in [1.165, 1.54) is 13.3 Å². The molecule has 0 bridgehead atoms. The van der Waals surface area contributed by atoms with Gasteiger partial charge in [-0.15, -0.1) is 0 Å². The lowest BCUT2D eigenvalue weighted by Gasteiger charge is -2.38. The van der Waals surface area contributed by atoms with Crippen molar-refractivity contribution in [3.63, 3.8) is 0 Å². The molecular formula is C27H31N3O6S. The molecule has 196 valence electrons. The van der Waals surface area contributed by atoms with Crippen molar-refractivity contribution in [3.8, 4) is 17.2 Å². The maximum atomic E-state index is 13.9. The number of rotatable bonds is 7. The highest BCUT2D eigenvalue weighted by atomic mass is 32.2. The number of benzene rings is 2. The number of hydrogen-bond donors (Lipinski definition) is 0. The summed E-state index contributed by atoms with van der Waals surface area (Å²) in [5.41, 5.74) is 1.20. The lowest BCUT2D eigenvalue weighted by molar-refractivity contribution is -0.130. The van der Waals surface area contributed by atoms with Crippen LogP contribution < -0.4 is 19.1 Å². The van der Waals surface area contributed by atoms with Gasteiger partial charge in [0.05, 0.1) is 37.4 Å². The van der Waals surface area contributed by atoms with Crippen molar-refractivity contribution in [2.24, 2.45) is 0 Å². The fraction of sp³-hybridized carbons (Fsp3) is 0.407. The second kappa shape index (κ2) is 10.1. The number of likely N-dealkylation sites (tertiary alicyclic amines) is 1. The third-order valence-electron chi connectivity index (χ3n) is 7.30. The molecule has 5 rings (SSSR count). The number of methoxy groups -OCH3 is 3. The first kappa shape index (κ1) is 25.1. The van der Waals surface area contributed by atoms with Gasteiger partial charge < -0.3 is 24.0 Å². The minimum Gasteiger partial charge on any atom is -0.497 e. The van der Waals surface area contributed by atoms with E-state index in [1.54, 1.807) is 50.6 Å². The maximum absolute atomic E-state index is 13.9. The van der Waals surface area contributed by atoms with Crippen molar-refractivity contribution < 1.29 is 27.4 Å². The number of ether oxygens (including phenoxy) is 3. The van der Waals surface area contributed by atoms with E-state index in [0.717, 1.165) is 25.8 Å². The standard InChI is InChI=1S/C27H31N3O6S/c1-34-19-6-8-20(9-7-19)37(32,33)25-17-28-22-16-24(36-3)23(35-2)15-21(22)27(25)29-13-10-18(11-14-29)30-12-4-5-26(30)31/h6-9,15-18H,4-5,10-14H2,1-3H3. The third-order valence-corrected chi connectivity index (χ3v) is 9.07. The van der Waals surface area contributed by atoms with Crippen LogP contribution in [-0.4, -0.2) is 71.2 Å². The van der Waals surface area contributed by atoms with Crippen LogP contribution in [0.15, 0.2) is 52.4 Å². The normalized spacial score (nSPS) is 16.9. The van der Waals surface area contributed by atoms with Crippen LogP contribution >= 0.6 is 0 Å². The Morgan fingerprint density at radius 3 is 2.19 bits per heavy atom. The Labute approximate surface area is 216 Å². The first-order valence-electron chi connectivity index (χ1n) is 12.4. The van der Waals surface area contributed by atoms with E-state index >= 15 is 0 Å². The molecule has 1 aromatic heterocycles. The lowest BCUT2D eigenvalue weighted by atomic mass is 10.0. The number of pyridine rings is 1. The molecule has 0 atom stereocenters. The minimum absolute atomic E-state index is 0.132. The molecule has 0 saturated carbocycles. The van der Waals surface area contributed by atoms with Gasteiger partial charge in [0.1, 0.15) is 10.6 Å². The number of amides is 1. The van der Waals surface area contributed by atoms with E-state index in [1.807, 2.05) is 4.90 Å². The zero-order valence-corrected chi connectivity index (χ0v) is 22.1. The molecule has 0 radical (unpaired) electrons. The van der Waals surface area contributed by atoms with Crippen LogP contribution in [0.4, 0.5) is 5.69 Å². The second-order valence-electron chi connectivity index (χ2n) is 9.28. The first-order valence-corrected chi connectivity index (χ1v) is 13.8. The summed E-state index contributed by atoms with van der Waals surface area (Å²) in [4.78, 5) is 21.2. The van der Waals surface area contributed by atoms with Crippen LogP contribution in [0.5, 0.6) is 17.2 Å². The van der Waals surface area contributed by atoms with Gasteiger partial charge in [-0.25, -0.2) is 8.42 Å². The van der Waals surface area contributed by atoms with Crippen LogP contribution in [0.2, 0.25) is 0 Å². The van der Waals surface area contributed by atoms with Crippen LogP contribution in [-0.2, 0) is 14.6 Å². The molecule has 2 aliphatic heterocycles. The summed E-state index contributed by atoms with van der Waals surface area (Å²) < 4.78 is 44.0. The largest absolute Gasteiger partial charge is 0.497 e. The Balaban J connectivity index is 1.61. The fourth-order valence-electron chi connectivity index (χ4n) is 5.35. The monoisotopic (exact) mass is 525 g/mol. The first-order chi connectivity index (χ1) is 17.9. The van der Waals surface area contributed by atoms with Gasteiger partial charge in [-0.2, -0.15) is 0 Å². The van der Waals surface area contributed by atoms with Crippen molar-refractivity contribution in [1.29, 1.82) is 0 Å². The van der Waals surface area contributed by atoms with Crippen LogP contribution in [0.25, 0.3) is 10.9 Å². The van der Waals surface area contributed by atoms with Crippen molar-refractivity contribution in [3.05, 3.63) is 42.6 Å². The quantitative estimate of drug-likeness (QED) is 0.461. The summed E-state index contributed by atoms with van der Waals surface area (Å²) in [5, 5.41) is 0.669. The molecule has 37 heavy (non-hydrogen) atoms. The van der Waals surface area contributed by atoms with Gasteiger partial charge in [-0.1, -0.05) is 0 Å². The Morgan fingerprint density at radius 2 is 1.59 bits per heavy atom. The number of sulfone groups is 1.